The van der Waals surface area contributed by atoms with E-state index in [1.54, 1.807) is 18.5 Å². The van der Waals surface area contributed by atoms with Crippen LogP contribution in [0.25, 0.3) is 43.0 Å². The maximum atomic E-state index is 15.1. The predicted octanol–water partition coefficient (Wildman–Crippen LogP) is 5.02. The number of hydrogen-bond donors (Lipinski definition) is 1. The Labute approximate surface area is 179 Å². The maximum Gasteiger partial charge on any atom is 0.271 e. The first-order chi connectivity index (χ1) is 14.1. The largest absolute Gasteiger partial charge is 0.328 e. The second-order valence-electron chi connectivity index (χ2n) is 7.43. The second-order valence-corrected chi connectivity index (χ2v) is 8.23. The minimum atomic E-state index is -0.476. The van der Waals surface area contributed by atoms with Crippen molar-refractivity contribution in [1.29, 1.82) is 0 Å². The number of H-pyrrole nitrogens is 1. The predicted molar refractivity (Wildman–Crippen MR) is 120 cm³/mol. The van der Waals surface area contributed by atoms with Crippen LogP contribution in [-0.2, 0) is 0 Å². The average molecular weight is 440 g/mol. The summed E-state index contributed by atoms with van der Waals surface area (Å²) < 4.78 is 19.8. The number of rotatable bonds is 2. The highest BCUT2D eigenvalue weighted by Gasteiger charge is 2.29. The third kappa shape index (κ3) is 2.69. The van der Waals surface area contributed by atoms with Crippen LogP contribution in [0.3, 0.4) is 0 Å². The van der Waals surface area contributed by atoms with Gasteiger partial charge in [0.05, 0.1) is 5.52 Å². The maximum absolute atomic E-state index is 15.1. The van der Waals surface area contributed by atoms with Gasteiger partial charge in [0.1, 0.15) is 16.0 Å². The van der Waals surface area contributed by atoms with Crippen molar-refractivity contribution in [3.8, 4) is 11.1 Å². The molecule has 1 N–H and O–H groups in total. The molecular formula is C22H15ClFN3O2S. The van der Waals surface area contributed by atoms with Gasteiger partial charge in [0.25, 0.3) is 5.56 Å². The highest BCUT2D eigenvalue weighted by atomic mass is 35.5. The van der Waals surface area contributed by atoms with Gasteiger partial charge in [0.2, 0.25) is 5.43 Å². The summed E-state index contributed by atoms with van der Waals surface area (Å²) >= 11 is 1.17. The first kappa shape index (κ1) is 19.0. The van der Waals surface area contributed by atoms with Crippen LogP contribution < -0.4 is 11.0 Å². The molecule has 0 radical (unpaired) electrons. The van der Waals surface area contributed by atoms with Crippen LogP contribution in [0.2, 0.25) is 0 Å². The molecule has 2 aromatic carbocycles. The number of nitrogens with one attached hydrogen (secondary N) is 1. The second kappa shape index (κ2) is 6.75. The molecule has 8 heteroatoms. The van der Waals surface area contributed by atoms with E-state index in [0.717, 1.165) is 29.2 Å². The van der Waals surface area contributed by atoms with E-state index in [1.807, 2.05) is 28.8 Å². The van der Waals surface area contributed by atoms with E-state index >= 15 is 4.39 Å². The Morgan fingerprint density at radius 2 is 1.93 bits per heavy atom. The summed E-state index contributed by atoms with van der Waals surface area (Å²) in [5.74, 6) is -0.476. The number of nitrogens with zero attached hydrogens (tertiary/aromatic N) is 2. The molecule has 0 saturated heterocycles. The summed E-state index contributed by atoms with van der Waals surface area (Å²) in [6, 6.07) is 10.8. The number of fused-ring (bicyclic) bond motifs is 3. The van der Waals surface area contributed by atoms with Gasteiger partial charge in [-0.05, 0) is 59.6 Å². The molecule has 30 heavy (non-hydrogen) atoms. The fraction of sp³-hybridized carbons (Fsp3) is 0.136. The van der Waals surface area contributed by atoms with Crippen molar-refractivity contribution >= 4 is 55.8 Å². The van der Waals surface area contributed by atoms with Crippen molar-refractivity contribution in [2.24, 2.45) is 0 Å². The van der Waals surface area contributed by atoms with Crippen molar-refractivity contribution in [3.05, 3.63) is 75.2 Å². The lowest BCUT2D eigenvalue weighted by Crippen LogP contribution is -2.15. The number of hydrogen-bond acceptors (Lipinski definition) is 4. The molecule has 3 heterocycles. The Balaban J connectivity index is 0.00000193. The van der Waals surface area contributed by atoms with Crippen LogP contribution in [0.15, 0.2) is 58.4 Å². The lowest BCUT2D eigenvalue weighted by Gasteiger charge is -2.14. The Morgan fingerprint density at radius 1 is 1.10 bits per heavy atom. The Bertz CT molecular complexity index is 1580. The number of pyridine rings is 2. The molecule has 150 valence electrons. The van der Waals surface area contributed by atoms with E-state index in [1.165, 1.54) is 17.6 Å². The smallest absolute Gasteiger partial charge is 0.271 e. The fourth-order valence-corrected chi connectivity index (χ4v) is 4.94. The molecule has 1 aliphatic rings. The van der Waals surface area contributed by atoms with Crippen molar-refractivity contribution < 1.29 is 4.39 Å². The molecule has 0 aliphatic heterocycles. The molecule has 0 atom stereocenters. The summed E-state index contributed by atoms with van der Waals surface area (Å²) in [6.45, 7) is 0. The van der Waals surface area contributed by atoms with Crippen LogP contribution in [0.1, 0.15) is 18.9 Å². The Morgan fingerprint density at radius 3 is 2.73 bits per heavy atom. The summed E-state index contributed by atoms with van der Waals surface area (Å²) in [7, 11) is 0. The van der Waals surface area contributed by atoms with E-state index in [4.69, 9.17) is 0 Å². The van der Waals surface area contributed by atoms with Gasteiger partial charge in [0.15, 0.2) is 0 Å². The zero-order valence-corrected chi connectivity index (χ0v) is 17.1. The van der Waals surface area contributed by atoms with Gasteiger partial charge in [-0.3, -0.25) is 18.9 Å². The van der Waals surface area contributed by atoms with Gasteiger partial charge in [-0.2, -0.15) is 0 Å². The average Bonchev–Trinajstić information content (AvgIpc) is 3.50. The molecule has 3 aromatic heterocycles. The third-order valence-electron chi connectivity index (χ3n) is 5.58. The molecule has 6 rings (SSSR count). The number of aromatic amines is 1. The summed E-state index contributed by atoms with van der Waals surface area (Å²) in [6.07, 6.45) is 5.44. The first-order valence-electron chi connectivity index (χ1n) is 9.35. The lowest BCUT2D eigenvalue weighted by molar-refractivity contribution is 0.632. The fourth-order valence-electron chi connectivity index (χ4n) is 4.02. The van der Waals surface area contributed by atoms with Gasteiger partial charge in [-0.25, -0.2) is 4.39 Å². The topological polar surface area (TPSA) is 67.8 Å². The van der Waals surface area contributed by atoms with E-state index < -0.39 is 16.8 Å². The van der Waals surface area contributed by atoms with Crippen molar-refractivity contribution in [2.45, 2.75) is 18.9 Å². The lowest BCUT2D eigenvalue weighted by atomic mass is 9.99. The Hall–Kier alpha value is -3.03. The van der Waals surface area contributed by atoms with E-state index in [0.29, 0.717) is 15.9 Å². The molecular weight excluding hydrogens is 425 g/mol. The monoisotopic (exact) mass is 439 g/mol. The highest BCUT2D eigenvalue weighted by Crippen LogP contribution is 2.41. The van der Waals surface area contributed by atoms with Gasteiger partial charge >= 0.3 is 0 Å². The molecule has 0 bridgehead atoms. The van der Waals surface area contributed by atoms with Crippen molar-refractivity contribution in [1.82, 2.24) is 13.9 Å². The number of halogens is 2. The molecule has 0 spiro atoms. The van der Waals surface area contributed by atoms with E-state index in [9.17, 15) is 9.59 Å². The third-order valence-corrected chi connectivity index (χ3v) is 6.46. The summed E-state index contributed by atoms with van der Waals surface area (Å²) in [5, 5.41) is 2.32. The molecule has 1 aliphatic carbocycles. The van der Waals surface area contributed by atoms with Gasteiger partial charge in [0, 0.05) is 34.8 Å². The number of aromatic nitrogens is 3. The molecule has 1 saturated carbocycles. The highest BCUT2D eigenvalue weighted by molar-refractivity contribution is 7.12. The zero-order valence-electron chi connectivity index (χ0n) is 15.5. The standard InChI is InChI=1S/C22H14FN3O2S.ClH/c23-17-8-16-18(9-15(17)12-1-2-13-10-24-6-5-11(13)7-12)26(14-3-4-14)22-19(20(16)27)21(28)25-29-22;/h1-2,5-10,14H,3-4H2,(H,25,28);1H. The molecule has 0 amide bonds. The minimum absolute atomic E-state index is 0. The van der Waals surface area contributed by atoms with Crippen LogP contribution in [0.4, 0.5) is 4.39 Å². The first-order valence-corrected chi connectivity index (χ1v) is 10.2. The van der Waals surface area contributed by atoms with Gasteiger partial charge in [-0.1, -0.05) is 12.1 Å². The molecule has 1 fully saturated rings. The van der Waals surface area contributed by atoms with Crippen LogP contribution >= 0.6 is 23.9 Å². The normalized spacial score (nSPS) is 13.8. The van der Waals surface area contributed by atoms with Crippen molar-refractivity contribution in [2.75, 3.05) is 0 Å². The molecule has 5 nitrogen and oxygen atoms in total. The quantitative estimate of drug-likeness (QED) is 0.420. The van der Waals surface area contributed by atoms with E-state index in [-0.39, 0.29) is 29.2 Å². The number of benzene rings is 2. The minimum Gasteiger partial charge on any atom is -0.328 e. The van der Waals surface area contributed by atoms with Gasteiger partial charge in [-0.15, -0.1) is 12.4 Å². The Kier molecular flexibility index (Phi) is 4.27. The van der Waals surface area contributed by atoms with E-state index in [2.05, 4.69) is 9.36 Å². The van der Waals surface area contributed by atoms with Crippen LogP contribution in [-0.4, -0.2) is 13.9 Å². The zero-order chi connectivity index (χ0) is 19.7. The molecule has 0 unspecified atom stereocenters. The molecule has 5 aromatic rings. The van der Waals surface area contributed by atoms with Gasteiger partial charge < -0.3 is 4.57 Å². The summed E-state index contributed by atoms with van der Waals surface area (Å²) in [5.41, 5.74) is 1.03. The van der Waals surface area contributed by atoms with Crippen LogP contribution in [0.5, 0.6) is 0 Å². The SMILES string of the molecule is Cl.O=c1[nH]sc2c1c(=O)c1cc(F)c(-c3ccc4cnccc4c3)cc1n2C1CC1. The summed E-state index contributed by atoms with van der Waals surface area (Å²) in [4.78, 5) is 29.9. The van der Waals surface area contributed by atoms with Crippen LogP contribution in [0, 0.1) is 5.82 Å². The van der Waals surface area contributed by atoms with Crippen molar-refractivity contribution in [3.63, 3.8) is 0 Å².